The number of oxazole rings is 1. The SMILES string of the molecule is CCN(CC)C(CNC(=O)c1nc(-c2ccccc2)oc1C)c1ccccc1. The van der Waals surface area contributed by atoms with Crippen molar-refractivity contribution in [2.45, 2.75) is 26.8 Å². The van der Waals surface area contributed by atoms with Gasteiger partial charge in [0.15, 0.2) is 5.69 Å². The molecule has 0 bridgehead atoms. The second kappa shape index (κ2) is 9.33. The lowest BCUT2D eigenvalue weighted by Gasteiger charge is -2.30. The fourth-order valence-electron chi connectivity index (χ4n) is 3.38. The maximum atomic E-state index is 12.8. The van der Waals surface area contributed by atoms with Crippen molar-refractivity contribution in [1.82, 2.24) is 15.2 Å². The van der Waals surface area contributed by atoms with Crippen LogP contribution in [0.3, 0.4) is 0 Å². The predicted molar refractivity (Wildman–Crippen MR) is 111 cm³/mol. The Hall–Kier alpha value is -2.92. The van der Waals surface area contributed by atoms with Crippen molar-refractivity contribution in [3.05, 3.63) is 77.7 Å². The Balaban J connectivity index is 1.75. The number of likely N-dealkylation sites (N-methyl/N-ethyl adjacent to an activating group) is 1. The lowest BCUT2D eigenvalue weighted by molar-refractivity contribution is 0.0929. The zero-order chi connectivity index (χ0) is 19.9. The number of aromatic nitrogens is 1. The minimum atomic E-state index is -0.212. The fourth-order valence-corrected chi connectivity index (χ4v) is 3.38. The van der Waals surface area contributed by atoms with Gasteiger partial charge in [0.1, 0.15) is 5.76 Å². The zero-order valence-corrected chi connectivity index (χ0v) is 16.7. The molecule has 0 radical (unpaired) electrons. The standard InChI is InChI=1S/C23H27N3O2/c1-4-26(5-2)20(18-12-8-6-9-13-18)16-24-22(27)21-17(3)28-23(25-21)19-14-10-7-11-15-19/h6-15,20H,4-5,16H2,1-3H3,(H,24,27). The number of rotatable bonds is 8. The Morgan fingerprint density at radius 2 is 1.64 bits per heavy atom. The molecule has 0 spiro atoms. The predicted octanol–water partition coefficient (Wildman–Crippen LogP) is 4.46. The van der Waals surface area contributed by atoms with Crippen LogP contribution in [0.5, 0.6) is 0 Å². The third-order valence-corrected chi connectivity index (χ3v) is 4.93. The third kappa shape index (κ3) is 4.49. The van der Waals surface area contributed by atoms with Gasteiger partial charge in [-0.1, -0.05) is 62.4 Å². The van der Waals surface area contributed by atoms with Gasteiger partial charge in [-0.15, -0.1) is 0 Å². The summed E-state index contributed by atoms with van der Waals surface area (Å²) in [7, 11) is 0. The molecule has 2 aromatic carbocycles. The summed E-state index contributed by atoms with van der Waals surface area (Å²) >= 11 is 0. The van der Waals surface area contributed by atoms with Crippen LogP contribution in [-0.4, -0.2) is 35.4 Å². The minimum absolute atomic E-state index is 0.112. The van der Waals surface area contributed by atoms with Gasteiger partial charge in [0.05, 0.1) is 6.04 Å². The van der Waals surface area contributed by atoms with Gasteiger partial charge in [0, 0.05) is 12.1 Å². The highest BCUT2D eigenvalue weighted by molar-refractivity contribution is 5.93. The first kappa shape index (κ1) is 19.8. The van der Waals surface area contributed by atoms with E-state index in [9.17, 15) is 4.79 Å². The van der Waals surface area contributed by atoms with E-state index in [0.717, 1.165) is 18.7 Å². The smallest absolute Gasteiger partial charge is 0.273 e. The van der Waals surface area contributed by atoms with E-state index >= 15 is 0 Å². The molecule has 1 N–H and O–H groups in total. The van der Waals surface area contributed by atoms with E-state index in [1.54, 1.807) is 6.92 Å². The van der Waals surface area contributed by atoms with Crippen LogP contribution in [0.15, 0.2) is 65.1 Å². The van der Waals surface area contributed by atoms with Gasteiger partial charge in [0.25, 0.3) is 5.91 Å². The molecule has 1 aromatic heterocycles. The molecule has 5 nitrogen and oxygen atoms in total. The van der Waals surface area contributed by atoms with Crippen molar-refractivity contribution in [1.29, 1.82) is 0 Å². The summed E-state index contributed by atoms with van der Waals surface area (Å²) in [6.45, 7) is 8.37. The van der Waals surface area contributed by atoms with Crippen LogP contribution >= 0.6 is 0 Å². The van der Waals surface area contributed by atoms with E-state index in [0.29, 0.717) is 23.9 Å². The number of benzene rings is 2. The molecule has 5 heteroatoms. The number of hydrogen-bond acceptors (Lipinski definition) is 4. The van der Waals surface area contributed by atoms with E-state index < -0.39 is 0 Å². The first-order valence-corrected chi connectivity index (χ1v) is 9.74. The topological polar surface area (TPSA) is 58.4 Å². The van der Waals surface area contributed by atoms with Crippen LogP contribution in [0.2, 0.25) is 0 Å². The number of aryl methyl sites for hydroxylation is 1. The quantitative estimate of drug-likeness (QED) is 0.629. The zero-order valence-electron chi connectivity index (χ0n) is 16.7. The van der Waals surface area contributed by atoms with Crippen LogP contribution in [0.25, 0.3) is 11.5 Å². The highest BCUT2D eigenvalue weighted by Crippen LogP contribution is 2.22. The Morgan fingerprint density at radius 1 is 1.04 bits per heavy atom. The van der Waals surface area contributed by atoms with Crippen molar-refractivity contribution >= 4 is 5.91 Å². The molecule has 0 saturated carbocycles. The lowest BCUT2D eigenvalue weighted by atomic mass is 10.0. The molecule has 0 aliphatic heterocycles. The minimum Gasteiger partial charge on any atom is -0.441 e. The first-order valence-electron chi connectivity index (χ1n) is 9.74. The summed E-state index contributed by atoms with van der Waals surface area (Å²) < 4.78 is 5.72. The molecule has 0 fully saturated rings. The van der Waals surface area contributed by atoms with Gasteiger partial charge in [-0.2, -0.15) is 0 Å². The molecule has 0 saturated heterocycles. The fraction of sp³-hybridized carbons (Fsp3) is 0.304. The Labute approximate surface area is 166 Å². The molecular formula is C23H27N3O2. The summed E-state index contributed by atoms with van der Waals surface area (Å²) in [5, 5.41) is 3.05. The third-order valence-electron chi connectivity index (χ3n) is 4.93. The number of hydrogen-bond donors (Lipinski definition) is 1. The summed E-state index contributed by atoms with van der Waals surface area (Å²) in [5.74, 6) is 0.776. The number of carbonyl (C=O) groups excluding carboxylic acids is 1. The molecule has 1 amide bonds. The molecule has 146 valence electrons. The van der Waals surface area contributed by atoms with E-state index in [4.69, 9.17) is 4.42 Å². The first-order chi connectivity index (χ1) is 13.6. The Morgan fingerprint density at radius 3 is 2.25 bits per heavy atom. The molecule has 0 aliphatic carbocycles. The number of carbonyl (C=O) groups is 1. The van der Waals surface area contributed by atoms with E-state index in [2.05, 4.69) is 41.2 Å². The molecule has 3 aromatic rings. The molecule has 0 aliphatic rings. The highest BCUT2D eigenvalue weighted by Gasteiger charge is 2.22. The van der Waals surface area contributed by atoms with E-state index in [1.165, 1.54) is 5.56 Å². The largest absolute Gasteiger partial charge is 0.441 e. The maximum absolute atomic E-state index is 12.8. The monoisotopic (exact) mass is 377 g/mol. The van der Waals surface area contributed by atoms with Gasteiger partial charge in [-0.05, 0) is 37.7 Å². The van der Waals surface area contributed by atoms with Crippen LogP contribution in [-0.2, 0) is 0 Å². The molecular weight excluding hydrogens is 350 g/mol. The summed E-state index contributed by atoms with van der Waals surface area (Å²) in [4.78, 5) is 19.6. The van der Waals surface area contributed by atoms with Crippen LogP contribution in [0.4, 0.5) is 0 Å². The van der Waals surface area contributed by atoms with Crippen LogP contribution in [0, 0.1) is 6.92 Å². The van der Waals surface area contributed by atoms with Crippen molar-refractivity contribution in [3.63, 3.8) is 0 Å². The second-order valence-corrected chi connectivity index (χ2v) is 6.65. The van der Waals surface area contributed by atoms with Gasteiger partial charge in [0.2, 0.25) is 5.89 Å². The maximum Gasteiger partial charge on any atom is 0.273 e. The molecule has 3 rings (SSSR count). The molecule has 1 unspecified atom stereocenters. The van der Waals surface area contributed by atoms with Crippen LogP contribution in [0.1, 0.15) is 41.7 Å². The molecule has 1 atom stereocenters. The van der Waals surface area contributed by atoms with Crippen LogP contribution < -0.4 is 5.32 Å². The molecule has 28 heavy (non-hydrogen) atoms. The highest BCUT2D eigenvalue weighted by atomic mass is 16.4. The number of nitrogens with zero attached hydrogens (tertiary/aromatic N) is 2. The van der Waals surface area contributed by atoms with Gasteiger partial charge >= 0.3 is 0 Å². The summed E-state index contributed by atoms with van der Waals surface area (Å²) in [6.07, 6.45) is 0. The van der Waals surface area contributed by atoms with Crippen molar-refractivity contribution in [2.75, 3.05) is 19.6 Å². The normalized spacial score (nSPS) is 12.1. The second-order valence-electron chi connectivity index (χ2n) is 6.65. The van der Waals surface area contributed by atoms with Crippen molar-refractivity contribution < 1.29 is 9.21 Å². The van der Waals surface area contributed by atoms with Gasteiger partial charge in [-0.3, -0.25) is 9.69 Å². The summed E-state index contributed by atoms with van der Waals surface area (Å²) in [5.41, 5.74) is 2.38. The van der Waals surface area contributed by atoms with E-state index in [1.807, 2.05) is 48.5 Å². The summed E-state index contributed by atoms with van der Waals surface area (Å²) in [6, 6.07) is 20.0. The van der Waals surface area contributed by atoms with Crippen molar-refractivity contribution in [2.24, 2.45) is 0 Å². The average Bonchev–Trinajstić information content (AvgIpc) is 3.14. The van der Waals surface area contributed by atoms with Gasteiger partial charge in [-0.25, -0.2) is 4.98 Å². The molecule has 1 heterocycles. The average molecular weight is 377 g/mol. The lowest BCUT2D eigenvalue weighted by Crippen LogP contribution is -2.38. The number of amides is 1. The van der Waals surface area contributed by atoms with Crippen molar-refractivity contribution in [3.8, 4) is 11.5 Å². The van der Waals surface area contributed by atoms with Gasteiger partial charge < -0.3 is 9.73 Å². The Bertz CT molecular complexity index is 887. The van der Waals surface area contributed by atoms with E-state index in [-0.39, 0.29) is 11.9 Å². The Kier molecular flexibility index (Phi) is 6.61. The number of nitrogens with one attached hydrogen (secondary N) is 1.